The number of hydrogen-bond donors (Lipinski definition) is 1. The molecule has 3 rings (SSSR count). The molecule has 3 aromatic carbocycles. The van der Waals surface area contributed by atoms with Crippen molar-refractivity contribution in [1.29, 1.82) is 0 Å². The van der Waals surface area contributed by atoms with E-state index in [2.05, 4.69) is 10.5 Å². The smallest absolute Gasteiger partial charge is 0.275 e. The average molecular weight is 455 g/mol. The number of rotatable bonds is 9. The first-order valence-electron chi connectivity index (χ1n) is 9.66. The number of nitrogens with zero attached hydrogens (tertiary/aromatic N) is 1. The number of hydrazone groups is 1. The molecule has 0 aromatic heterocycles. The minimum atomic E-state index is -0.410. The van der Waals surface area contributed by atoms with Crippen LogP contribution >= 0.6 is 11.6 Å². The third-order valence-corrected chi connectivity index (χ3v) is 4.80. The Balaban J connectivity index is 1.72. The largest absolute Gasteiger partial charge is 0.493 e. The summed E-state index contributed by atoms with van der Waals surface area (Å²) in [6.45, 7) is 0.299. The zero-order valence-corrected chi connectivity index (χ0v) is 18.7. The van der Waals surface area contributed by atoms with Gasteiger partial charge in [0.05, 0.1) is 33.1 Å². The Kier molecular flexibility index (Phi) is 7.94. The van der Waals surface area contributed by atoms with E-state index in [1.54, 1.807) is 48.5 Å². The number of para-hydroxylation sites is 1. The van der Waals surface area contributed by atoms with E-state index >= 15 is 0 Å². The van der Waals surface area contributed by atoms with Crippen LogP contribution in [0, 0.1) is 0 Å². The van der Waals surface area contributed by atoms with E-state index in [-0.39, 0.29) is 0 Å². The second-order valence-corrected chi connectivity index (χ2v) is 6.97. The number of amides is 1. The van der Waals surface area contributed by atoms with Crippen LogP contribution < -0.4 is 24.4 Å². The monoisotopic (exact) mass is 454 g/mol. The van der Waals surface area contributed by atoms with Gasteiger partial charge in [-0.15, -0.1) is 0 Å². The molecule has 7 nitrogen and oxygen atoms in total. The van der Waals surface area contributed by atoms with Crippen molar-refractivity contribution < 1.29 is 23.7 Å². The van der Waals surface area contributed by atoms with Gasteiger partial charge in [-0.05, 0) is 42.0 Å². The molecule has 3 aromatic rings. The van der Waals surface area contributed by atoms with Crippen molar-refractivity contribution in [2.24, 2.45) is 5.10 Å². The number of carbonyl (C=O) groups is 1. The number of ether oxygens (including phenoxy) is 4. The summed E-state index contributed by atoms with van der Waals surface area (Å²) < 4.78 is 21.9. The molecule has 32 heavy (non-hydrogen) atoms. The van der Waals surface area contributed by atoms with Crippen molar-refractivity contribution in [1.82, 2.24) is 5.43 Å². The molecule has 1 amide bonds. The van der Waals surface area contributed by atoms with E-state index in [4.69, 9.17) is 30.5 Å². The van der Waals surface area contributed by atoms with E-state index in [0.717, 1.165) is 5.56 Å². The number of hydrogen-bond acceptors (Lipinski definition) is 6. The van der Waals surface area contributed by atoms with Crippen LogP contribution in [0.4, 0.5) is 0 Å². The van der Waals surface area contributed by atoms with Gasteiger partial charge in [0.25, 0.3) is 5.91 Å². The van der Waals surface area contributed by atoms with Crippen LogP contribution in [0.2, 0.25) is 5.02 Å². The Bertz CT molecular complexity index is 1100. The first kappa shape index (κ1) is 23.0. The van der Waals surface area contributed by atoms with Gasteiger partial charge < -0.3 is 18.9 Å². The van der Waals surface area contributed by atoms with Crippen LogP contribution in [0.25, 0.3) is 0 Å². The molecule has 0 atom stereocenters. The summed E-state index contributed by atoms with van der Waals surface area (Å²) in [4.78, 5) is 12.7. The normalized spacial score (nSPS) is 10.6. The SMILES string of the molecule is COc1ccc(/C=N\NC(=O)c2ccccc2OCc2ccc(Cl)cc2)c(OC)c1OC. The van der Waals surface area contributed by atoms with Crippen molar-refractivity contribution in [3.63, 3.8) is 0 Å². The van der Waals surface area contributed by atoms with Crippen molar-refractivity contribution >= 4 is 23.7 Å². The molecule has 0 saturated heterocycles. The van der Waals surface area contributed by atoms with E-state index in [1.165, 1.54) is 27.5 Å². The Morgan fingerprint density at radius 1 is 0.906 bits per heavy atom. The summed E-state index contributed by atoms with van der Waals surface area (Å²) in [5, 5.41) is 4.71. The van der Waals surface area contributed by atoms with Crippen LogP contribution in [-0.4, -0.2) is 33.5 Å². The zero-order valence-electron chi connectivity index (χ0n) is 17.9. The number of halogens is 1. The fraction of sp³-hybridized carbons (Fsp3) is 0.167. The lowest BCUT2D eigenvalue weighted by Gasteiger charge is -2.13. The fourth-order valence-corrected chi connectivity index (χ4v) is 3.09. The highest BCUT2D eigenvalue weighted by Gasteiger charge is 2.15. The second kappa shape index (κ2) is 11.1. The molecular weight excluding hydrogens is 432 g/mol. The highest BCUT2D eigenvalue weighted by Crippen LogP contribution is 2.39. The fourth-order valence-electron chi connectivity index (χ4n) is 2.97. The van der Waals surface area contributed by atoms with E-state index in [1.807, 2.05) is 12.1 Å². The summed E-state index contributed by atoms with van der Waals surface area (Å²) in [6.07, 6.45) is 1.47. The first-order chi connectivity index (χ1) is 15.6. The van der Waals surface area contributed by atoms with Crippen LogP contribution in [0.5, 0.6) is 23.0 Å². The highest BCUT2D eigenvalue weighted by molar-refractivity contribution is 6.30. The second-order valence-electron chi connectivity index (χ2n) is 6.53. The molecule has 0 aliphatic carbocycles. The summed E-state index contributed by atoms with van der Waals surface area (Å²) in [6, 6.07) is 17.7. The van der Waals surface area contributed by atoms with Crippen LogP contribution in [-0.2, 0) is 6.61 Å². The molecular formula is C24H23ClN2O5. The van der Waals surface area contributed by atoms with Gasteiger partial charge in [-0.3, -0.25) is 4.79 Å². The summed E-state index contributed by atoms with van der Waals surface area (Å²) in [5.74, 6) is 1.44. The third kappa shape index (κ3) is 5.50. The molecule has 0 bridgehead atoms. The van der Waals surface area contributed by atoms with E-state index in [0.29, 0.717) is 45.8 Å². The van der Waals surface area contributed by atoms with E-state index in [9.17, 15) is 4.79 Å². The van der Waals surface area contributed by atoms with E-state index < -0.39 is 5.91 Å². The summed E-state index contributed by atoms with van der Waals surface area (Å²) >= 11 is 5.91. The van der Waals surface area contributed by atoms with Gasteiger partial charge in [-0.1, -0.05) is 35.9 Å². The summed E-state index contributed by atoms with van der Waals surface area (Å²) in [5.41, 5.74) is 4.42. The first-order valence-corrected chi connectivity index (χ1v) is 10.0. The molecule has 0 aliphatic rings. The lowest BCUT2D eigenvalue weighted by atomic mass is 10.2. The zero-order chi connectivity index (χ0) is 22.9. The lowest BCUT2D eigenvalue weighted by Crippen LogP contribution is -2.18. The molecule has 0 saturated carbocycles. The molecule has 0 heterocycles. The number of carbonyl (C=O) groups excluding carboxylic acids is 1. The molecule has 0 spiro atoms. The number of methoxy groups -OCH3 is 3. The van der Waals surface area contributed by atoms with Gasteiger partial charge in [-0.25, -0.2) is 5.43 Å². The molecule has 0 unspecified atom stereocenters. The van der Waals surface area contributed by atoms with Gasteiger partial charge in [0.2, 0.25) is 5.75 Å². The van der Waals surface area contributed by atoms with Crippen LogP contribution in [0.1, 0.15) is 21.5 Å². The van der Waals surface area contributed by atoms with Gasteiger partial charge in [0, 0.05) is 10.6 Å². The van der Waals surface area contributed by atoms with Crippen LogP contribution in [0.15, 0.2) is 65.8 Å². The topological polar surface area (TPSA) is 78.4 Å². The Hall–Kier alpha value is -3.71. The Labute approximate surface area is 191 Å². The maximum Gasteiger partial charge on any atom is 0.275 e. The minimum absolute atomic E-state index is 0.299. The van der Waals surface area contributed by atoms with Gasteiger partial charge in [0.1, 0.15) is 12.4 Å². The quantitative estimate of drug-likeness (QED) is 0.374. The maximum absolute atomic E-state index is 12.7. The van der Waals surface area contributed by atoms with Gasteiger partial charge in [-0.2, -0.15) is 5.10 Å². The Morgan fingerprint density at radius 3 is 2.31 bits per heavy atom. The number of benzene rings is 3. The molecule has 166 valence electrons. The maximum atomic E-state index is 12.7. The van der Waals surface area contributed by atoms with Gasteiger partial charge in [0.15, 0.2) is 11.5 Å². The van der Waals surface area contributed by atoms with Crippen LogP contribution in [0.3, 0.4) is 0 Å². The minimum Gasteiger partial charge on any atom is -0.493 e. The molecule has 8 heteroatoms. The van der Waals surface area contributed by atoms with Crippen molar-refractivity contribution in [3.05, 3.63) is 82.4 Å². The summed E-state index contributed by atoms with van der Waals surface area (Å²) in [7, 11) is 4.57. The highest BCUT2D eigenvalue weighted by atomic mass is 35.5. The van der Waals surface area contributed by atoms with Crippen molar-refractivity contribution in [2.45, 2.75) is 6.61 Å². The lowest BCUT2D eigenvalue weighted by molar-refractivity contribution is 0.0950. The van der Waals surface area contributed by atoms with Crippen molar-refractivity contribution in [3.8, 4) is 23.0 Å². The molecule has 0 fully saturated rings. The molecule has 0 radical (unpaired) electrons. The van der Waals surface area contributed by atoms with Crippen molar-refractivity contribution in [2.75, 3.05) is 21.3 Å². The standard InChI is InChI=1S/C24H23ClN2O5/c1-29-21-13-10-17(22(30-2)23(21)31-3)14-26-27-24(28)19-6-4-5-7-20(19)32-15-16-8-11-18(25)12-9-16/h4-14H,15H2,1-3H3,(H,27,28)/b26-14-. The number of nitrogens with one attached hydrogen (secondary N) is 1. The predicted octanol–water partition coefficient (Wildman–Crippen LogP) is 4.71. The third-order valence-electron chi connectivity index (χ3n) is 4.54. The predicted molar refractivity (Wildman–Crippen MR) is 123 cm³/mol. The molecule has 1 N–H and O–H groups in total. The van der Waals surface area contributed by atoms with Gasteiger partial charge >= 0.3 is 0 Å². The average Bonchev–Trinajstić information content (AvgIpc) is 2.83. The molecule has 0 aliphatic heterocycles. The Morgan fingerprint density at radius 2 is 1.62 bits per heavy atom.